The monoisotopic (exact) mass is 384 g/mol. The maximum atomic E-state index is 13.5. The van der Waals surface area contributed by atoms with Gasteiger partial charge in [-0.3, -0.25) is 9.67 Å². The van der Waals surface area contributed by atoms with Gasteiger partial charge in [-0.1, -0.05) is 0 Å². The number of nitrogens with zero attached hydrogens (tertiary/aromatic N) is 3. The number of benzene rings is 1. The number of aliphatic imine (C=N–C) groups is 1. The van der Waals surface area contributed by atoms with Crippen molar-refractivity contribution < 1.29 is 4.39 Å². The van der Waals surface area contributed by atoms with Crippen LogP contribution in [0.4, 0.5) is 4.39 Å². The van der Waals surface area contributed by atoms with Gasteiger partial charge in [-0.2, -0.15) is 5.10 Å². The number of hydrogen-bond donors (Lipinski definition) is 3. The van der Waals surface area contributed by atoms with Crippen LogP contribution >= 0.6 is 0 Å². The quantitative estimate of drug-likeness (QED) is 0.317. The summed E-state index contributed by atoms with van der Waals surface area (Å²) in [6.45, 7) is 9.27. The number of guanidine groups is 1. The van der Waals surface area contributed by atoms with E-state index in [1.54, 1.807) is 12.1 Å². The summed E-state index contributed by atoms with van der Waals surface area (Å²) in [5, 5.41) is 12.1. The zero-order chi connectivity index (χ0) is 19.9. The summed E-state index contributed by atoms with van der Waals surface area (Å²) >= 11 is 0. The van der Waals surface area contributed by atoms with Gasteiger partial charge < -0.3 is 15.6 Å². The lowest BCUT2D eigenvalue weighted by molar-refractivity contribution is 0.567. The van der Waals surface area contributed by atoms with Crippen molar-refractivity contribution in [2.24, 2.45) is 4.99 Å². The Hall–Kier alpha value is -2.83. The average Bonchev–Trinajstić information content (AvgIpc) is 3.20. The van der Waals surface area contributed by atoms with Crippen molar-refractivity contribution in [3.05, 3.63) is 53.2 Å². The molecule has 0 fully saturated rings. The highest BCUT2D eigenvalue weighted by molar-refractivity contribution is 5.83. The molecule has 28 heavy (non-hydrogen) atoms. The van der Waals surface area contributed by atoms with Crippen LogP contribution in [0, 0.1) is 19.7 Å². The normalized spacial score (nSPS) is 11.9. The van der Waals surface area contributed by atoms with Crippen LogP contribution in [0.25, 0.3) is 10.9 Å². The molecule has 1 aromatic carbocycles. The van der Waals surface area contributed by atoms with Gasteiger partial charge in [0.25, 0.3) is 0 Å². The summed E-state index contributed by atoms with van der Waals surface area (Å²) < 4.78 is 15.5. The van der Waals surface area contributed by atoms with Crippen LogP contribution in [0.3, 0.4) is 0 Å². The molecule has 7 heteroatoms. The highest BCUT2D eigenvalue weighted by Gasteiger charge is 2.06. The van der Waals surface area contributed by atoms with Crippen molar-refractivity contribution in [3.63, 3.8) is 0 Å². The number of halogens is 1. The molecule has 0 aliphatic heterocycles. The molecular weight excluding hydrogens is 355 g/mol. The molecule has 0 atom stereocenters. The summed E-state index contributed by atoms with van der Waals surface area (Å²) in [6, 6.07) is 6.92. The second-order valence-corrected chi connectivity index (χ2v) is 6.95. The van der Waals surface area contributed by atoms with Crippen LogP contribution < -0.4 is 10.6 Å². The van der Waals surface area contributed by atoms with Gasteiger partial charge in [-0.05, 0) is 63.4 Å². The topological polar surface area (TPSA) is 70.0 Å². The Morgan fingerprint density at radius 2 is 2.11 bits per heavy atom. The highest BCUT2D eigenvalue weighted by atomic mass is 19.1. The standard InChI is InChI=1S/C21H29FN6/c1-4-23-21(24-9-5-11-28-16(3)12-15(2)27-28)25-10-8-17-14-26-20-7-6-18(22)13-19(17)20/h6-7,12-14,26H,4-5,8-11H2,1-3H3,(H2,23,24,25). The van der Waals surface area contributed by atoms with E-state index >= 15 is 0 Å². The van der Waals surface area contributed by atoms with Crippen LogP contribution in [0.1, 0.15) is 30.3 Å². The molecule has 3 aromatic rings. The Balaban J connectivity index is 1.50. The molecule has 0 saturated heterocycles. The van der Waals surface area contributed by atoms with Gasteiger partial charge in [0.1, 0.15) is 5.82 Å². The third-order valence-electron chi connectivity index (χ3n) is 4.66. The molecule has 0 unspecified atom stereocenters. The van der Waals surface area contributed by atoms with Gasteiger partial charge in [-0.25, -0.2) is 4.39 Å². The molecule has 0 spiro atoms. The van der Waals surface area contributed by atoms with Crippen molar-refractivity contribution in [1.82, 2.24) is 25.4 Å². The fraction of sp³-hybridized carbons (Fsp3) is 0.429. The lowest BCUT2D eigenvalue weighted by Gasteiger charge is -2.11. The maximum Gasteiger partial charge on any atom is 0.191 e. The Labute approximate surface area is 165 Å². The fourth-order valence-corrected chi connectivity index (χ4v) is 3.33. The third-order valence-corrected chi connectivity index (χ3v) is 4.66. The van der Waals surface area contributed by atoms with E-state index in [1.807, 2.05) is 17.8 Å². The first-order valence-corrected chi connectivity index (χ1v) is 9.85. The molecule has 6 nitrogen and oxygen atoms in total. The minimum Gasteiger partial charge on any atom is -0.361 e. The number of aromatic nitrogens is 3. The predicted octanol–water partition coefficient (Wildman–Crippen LogP) is 3.31. The van der Waals surface area contributed by atoms with Gasteiger partial charge >= 0.3 is 0 Å². The largest absolute Gasteiger partial charge is 0.361 e. The molecular formula is C21H29FN6. The summed E-state index contributed by atoms with van der Waals surface area (Å²) in [4.78, 5) is 7.84. The van der Waals surface area contributed by atoms with Crippen molar-refractivity contribution in [1.29, 1.82) is 0 Å². The summed E-state index contributed by atoms with van der Waals surface area (Å²) in [5.74, 6) is 0.598. The van der Waals surface area contributed by atoms with Crippen LogP contribution in [0.15, 0.2) is 35.5 Å². The van der Waals surface area contributed by atoms with Crippen LogP contribution in [-0.2, 0) is 13.0 Å². The second-order valence-electron chi connectivity index (χ2n) is 6.95. The summed E-state index contributed by atoms with van der Waals surface area (Å²) in [7, 11) is 0. The van der Waals surface area contributed by atoms with Crippen molar-refractivity contribution in [3.8, 4) is 0 Å². The van der Waals surface area contributed by atoms with E-state index in [9.17, 15) is 4.39 Å². The van der Waals surface area contributed by atoms with E-state index in [1.165, 1.54) is 11.8 Å². The Morgan fingerprint density at radius 1 is 1.25 bits per heavy atom. The number of fused-ring (bicyclic) bond motifs is 1. The molecule has 0 saturated carbocycles. The molecule has 2 heterocycles. The van der Waals surface area contributed by atoms with Crippen LogP contribution in [-0.4, -0.2) is 40.4 Å². The van der Waals surface area contributed by atoms with Gasteiger partial charge in [-0.15, -0.1) is 0 Å². The van der Waals surface area contributed by atoms with Crippen LogP contribution in [0.2, 0.25) is 0 Å². The third kappa shape index (κ3) is 5.12. The maximum absolute atomic E-state index is 13.5. The molecule has 0 radical (unpaired) electrons. The number of nitrogens with one attached hydrogen (secondary N) is 3. The first-order valence-electron chi connectivity index (χ1n) is 9.85. The second kappa shape index (κ2) is 9.39. The van der Waals surface area contributed by atoms with E-state index in [2.05, 4.69) is 45.6 Å². The van der Waals surface area contributed by atoms with E-state index in [0.29, 0.717) is 0 Å². The molecule has 0 aliphatic carbocycles. The highest BCUT2D eigenvalue weighted by Crippen LogP contribution is 2.19. The van der Waals surface area contributed by atoms with E-state index < -0.39 is 0 Å². The van der Waals surface area contributed by atoms with E-state index in [0.717, 1.165) is 67.1 Å². The summed E-state index contributed by atoms with van der Waals surface area (Å²) in [5.41, 5.74) is 4.29. The Bertz CT molecular complexity index is 940. The molecule has 3 rings (SSSR count). The van der Waals surface area contributed by atoms with E-state index in [-0.39, 0.29) is 5.82 Å². The minimum absolute atomic E-state index is 0.209. The molecule has 0 bridgehead atoms. The minimum atomic E-state index is -0.209. The lowest BCUT2D eigenvalue weighted by Crippen LogP contribution is -2.38. The zero-order valence-electron chi connectivity index (χ0n) is 16.8. The first-order chi connectivity index (χ1) is 13.6. The number of H-pyrrole nitrogens is 1. The zero-order valence-corrected chi connectivity index (χ0v) is 16.8. The smallest absolute Gasteiger partial charge is 0.191 e. The number of aryl methyl sites for hydroxylation is 3. The fourth-order valence-electron chi connectivity index (χ4n) is 3.33. The molecule has 150 valence electrons. The van der Waals surface area contributed by atoms with Crippen LogP contribution in [0.5, 0.6) is 0 Å². The lowest BCUT2D eigenvalue weighted by atomic mass is 10.1. The molecule has 3 N–H and O–H groups in total. The molecule has 2 aromatic heterocycles. The van der Waals surface area contributed by atoms with E-state index in [4.69, 9.17) is 0 Å². The van der Waals surface area contributed by atoms with Gasteiger partial charge in [0.2, 0.25) is 0 Å². The SMILES string of the molecule is CCNC(=NCCCn1nc(C)cc1C)NCCc1c[nH]c2ccc(F)cc12. The van der Waals surface area contributed by atoms with Crippen molar-refractivity contribution >= 4 is 16.9 Å². The Kier molecular flexibility index (Phi) is 6.68. The number of rotatable bonds is 8. The van der Waals surface area contributed by atoms with Gasteiger partial charge in [0.05, 0.1) is 5.69 Å². The van der Waals surface area contributed by atoms with Crippen molar-refractivity contribution in [2.75, 3.05) is 19.6 Å². The average molecular weight is 385 g/mol. The molecule has 0 aliphatic rings. The van der Waals surface area contributed by atoms with Gasteiger partial charge in [0, 0.05) is 49.0 Å². The number of aromatic amines is 1. The predicted molar refractivity (Wildman–Crippen MR) is 112 cm³/mol. The molecule has 0 amide bonds. The summed E-state index contributed by atoms with van der Waals surface area (Å²) in [6.07, 6.45) is 3.67. The Morgan fingerprint density at radius 3 is 2.86 bits per heavy atom. The number of hydrogen-bond acceptors (Lipinski definition) is 2. The first kappa shape index (κ1) is 19.9. The van der Waals surface area contributed by atoms with Crippen molar-refractivity contribution in [2.45, 2.75) is 40.2 Å². The van der Waals surface area contributed by atoms with Gasteiger partial charge in [0.15, 0.2) is 5.96 Å².